The third kappa shape index (κ3) is 3.14. The zero-order valence-corrected chi connectivity index (χ0v) is 12.6. The fraction of sp³-hybridized carbons (Fsp3) is 0.500. The van der Waals surface area contributed by atoms with Crippen molar-refractivity contribution in [1.82, 2.24) is 19.7 Å². The third-order valence-electron chi connectivity index (χ3n) is 4.26. The first-order chi connectivity index (χ1) is 10.3. The first-order valence-corrected chi connectivity index (χ1v) is 7.47. The summed E-state index contributed by atoms with van der Waals surface area (Å²) in [6, 6.07) is 10.1. The summed E-state index contributed by atoms with van der Waals surface area (Å²) >= 11 is 0. The van der Waals surface area contributed by atoms with Crippen molar-refractivity contribution in [1.29, 1.82) is 0 Å². The van der Waals surface area contributed by atoms with Crippen LogP contribution in [0.2, 0.25) is 0 Å². The maximum atomic E-state index is 5.58. The van der Waals surface area contributed by atoms with Crippen molar-refractivity contribution in [3.05, 3.63) is 42.5 Å². The van der Waals surface area contributed by atoms with Crippen LogP contribution in [0.1, 0.15) is 19.2 Å². The maximum absolute atomic E-state index is 5.58. The molecule has 21 heavy (non-hydrogen) atoms. The molecular formula is C16H22N4O. The van der Waals surface area contributed by atoms with Gasteiger partial charge in [-0.15, -0.1) is 0 Å². The van der Waals surface area contributed by atoms with E-state index in [1.54, 1.807) is 13.4 Å². The second-order valence-corrected chi connectivity index (χ2v) is 5.70. The molecule has 0 unspecified atom stereocenters. The maximum Gasteiger partial charge on any atom is 0.146 e. The Kier molecular flexibility index (Phi) is 4.31. The van der Waals surface area contributed by atoms with Gasteiger partial charge in [0.1, 0.15) is 12.2 Å². The van der Waals surface area contributed by atoms with E-state index in [0.29, 0.717) is 12.0 Å². The summed E-state index contributed by atoms with van der Waals surface area (Å²) in [7, 11) is 1.80. The monoisotopic (exact) mass is 286 g/mol. The standard InChI is InChI=1S/C16H22N4O/c1-13-8-9-19(10-15(13)21-2)11-16-17-12-18-20(16)14-6-4-3-5-7-14/h3-7,12-13,15H,8-11H2,1-2H3/t13-,15+/m1/s1. The van der Waals surface area contributed by atoms with Crippen molar-refractivity contribution in [2.75, 3.05) is 20.2 Å². The van der Waals surface area contributed by atoms with Crippen LogP contribution in [0.25, 0.3) is 5.69 Å². The number of piperidine rings is 1. The van der Waals surface area contributed by atoms with E-state index in [1.807, 2.05) is 22.9 Å². The Morgan fingerprint density at radius 2 is 2.10 bits per heavy atom. The predicted octanol–water partition coefficient (Wildman–Crippen LogP) is 2.12. The van der Waals surface area contributed by atoms with Crippen LogP contribution in [0.3, 0.4) is 0 Å². The molecule has 5 nitrogen and oxygen atoms in total. The third-order valence-corrected chi connectivity index (χ3v) is 4.26. The second-order valence-electron chi connectivity index (χ2n) is 5.70. The largest absolute Gasteiger partial charge is 0.380 e. The van der Waals surface area contributed by atoms with Gasteiger partial charge in [-0.3, -0.25) is 4.90 Å². The summed E-state index contributed by atoms with van der Waals surface area (Å²) in [6.07, 6.45) is 3.10. The molecule has 2 aromatic rings. The van der Waals surface area contributed by atoms with Crippen molar-refractivity contribution in [3.63, 3.8) is 0 Å². The minimum Gasteiger partial charge on any atom is -0.380 e. The van der Waals surface area contributed by atoms with Crippen molar-refractivity contribution >= 4 is 0 Å². The van der Waals surface area contributed by atoms with Gasteiger partial charge in [-0.1, -0.05) is 25.1 Å². The molecule has 1 aromatic carbocycles. The van der Waals surface area contributed by atoms with Crippen molar-refractivity contribution in [2.45, 2.75) is 26.0 Å². The molecule has 0 N–H and O–H groups in total. The van der Waals surface area contributed by atoms with Crippen molar-refractivity contribution in [2.24, 2.45) is 5.92 Å². The molecule has 0 radical (unpaired) electrons. The summed E-state index contributed by atoms with van der Waals surface area (Å²) in [5, 5.41) is 4.35. The van der Waals surface area contributed by atoms with Crippen LogP contribution in [0.5, 0.6) is 0 Å². The molecular weight excluding hydrogens is 264 g/mol. The van der Waals surface area contributed by atoms with Gasteiger partial charge in [-0.25, -0.2) is 9.67 Å². The van der Waals surface area contributed by atoms with E-state index < -0.39 is 0 Å². The second kappa shape index (κ2) is 6.37. The minimum absolute atomic E-state index is 0.312. The van der Waals surface area contributed by atoms with E-state index in [9.17, 15) is 0 Å². The molecule has 1 aliphatic heterocycles. The molecule has 1 saturated heterocycles. The van der Waals surface area contributed by atoms with Crippen LogP contribution in [0.15, 0.2) is 36.7 Å². The van der Waals surface area contributed by atoms with Gasteiger partial charge in [0.2, 0.25) is 0 Å². The zero-order chi connectivity index (χ0) is 14.7. The Bertz CT molecular complexity index is 569. The molecule has 0 bridgehead atoms. The Morgan fingerprint density at radius 1 is 1.29 bits per heavy atom. The van der Waals surface area contributed by atoms with Gasteiger partial charge in [0, 0.05) is 13.7 Å². The number of aromatic nitrogens is 3. The van der Waals surface area contributed by atoms with E-state index in [-0.39, 0.29) is 0 Å². The van der Waals surface area contributed by atoms with Crippen LogP contribution in [0, 0.1) is 5.92 Å². The van der Waals surface area contributed by atoms with Gasteiger partial charge in [0.25, 0.3) is 0 Å². The number of nitrogens with zero attached hydrogens (tertiary/aromatic N) is 4. The van der Waals surface area contributed by atoms with Crippen LogP contribution in [-0.2, 0) is 11.3 Å². The van der Waals surface area contributed by atoms with Gasteiger partial charge >= 0.3 is 0 Å². The number of rotatable bonds is 4. The molecule has 112 valence electrons. The summed E-state index contributed by atoms with van der Waals surface area (Å²) in [4.78, 5) is 6.83. The number of hydrogen-bond donors (Lipinski definition) is 0. The highest BCUT2D eigenvalue weighted by atomic mass is 16.5. The van der Waals surface area contributed by atoms with E-state index in [4.69, 9.17) is 4.74 Å². The topological polar surface area (TPSA) is 43.2 Å². The summed E-state index contributed by atoms with van der Waals surface area (Å²) in [5.41, 5.74) is 1.05. The number of para-hydroxylation sites is 1. The highest BCUT2D eigenvalue weighted by Crippen LogP contribution is 2.21. The Morgan fingerprint density at radius 3 is 2.86 bits per heavy atom. The number of ether oxygens (including phenoxy) is 1. The zero-order valence-electron chi connectivity index (χ0n) is 12.6. The molecule has 3 rings (SSSR count). The van der Waals surface area contributed by atoms with E-state index in [1.165, 1.54) is 0 Å². The van der Waals surface area contributed by atoms with Crippen LogP contribution >= 0.6 is 0 Å². The summed E-state index contributed by atoms with van der Waals surface area (Å²) in [5.74, 6) is 1.60. The molecule has 2 atom stereocenters. The Balaban J connectivity index is 1.73. The molecule has 0 amide bonds. The van der Waals surface area contributed by atoms with E-state index in [0.717, 1.165) is 37.6 Å². The van der Waals surface area contributed by atoms with Crippen molar-refractivity contribution < 1.29 is 4.74 Å². The molecule has 0 saturated carbocycles. The summed E-state index contributed by atoms with van der Waals surface area (Å²) < 4.78 is 7.50. The van der Waals surface area contributed by atoms with Crippen LogP contribution < -0.4 is 0 Å². The highest BCUT2D eigenvalue weighted by Gasteiger charge is 2.26. The fourth-order valence-corrected chi connectivity index (χ4v) is 2.91. The lowest BCUT2D eigenvalue weighted by Gasteiger charge is -2.35. The van der Waals surface area contributed by atoms with Crippen molar-refractivity contribution in [3.8, 4) is 5.69 Å². The molecule has 2 heterocycles. The smallest absolute Gasteiger partial charge is 0.146 e. The highest BCUT2D eigenvalue weighted by molar-refractivity contribution is 5.30. The number of methoxy groups -OCH3 is 1. The molecule has 0 aliphatic carbocycles. The fourth-order valence-electron chi connectivity index (χ4n) is 2.91. The van der Waals surface area contributed by atoms with Gasteiger partial charge in [-0.05, 0) is 31.0 Å². The van der Waals surface area contributed by atoms with Gasteiger partial charge < -0.3 is 4.74 Å². The first kappa shape index (κ1) is 14.2. The van der Waals surface area contributed by atoms with Crippen LogP contribution in [-0.4, -0.2) is 46.0 Å². The normalized spacial score (nSPS) is 23.3. The molecule has 5 heteroatoms. The van der Waals surface area contributed by atoms with Gasteiger partial charge in [0.05, 0.1) is 18.3 Å². The van der Waals surface area contributed by atoms with E-state index in [2.05, 4.69) is 34.0 Å². The van der Waals surface area contributed by atoms with E-state index >= 15 is 0 Å². The SMILES string of the molecule is CO[C@H]1CN(Cc2ncnn2-c2ccccc2)CC[C@H]1C. The average molecular weight is 286 g/mol. The van der Waals surface area contributed by atoms with Gasteiger partial charge in [-0.2, -0.15) is 5.10 Å². The Hall–Kier alpha value is -1.72. The number of likely N-dealkylation sites (tertiary alicyclic amines) is 1. The number of hydrogen-bond acceptors (Lipinski definition) is 4. The summed E-state index contributed by atoms with van der Waals surface area (Å²) in [6.45, 7) is 5.11. The molecule has 1 fully saturated rings. The average Bonchev–Trinajstić information content (AvgIpc) is 2.98. The lowest BCUT2D eigenvalue weighted by atomic mass is 9.96. The lowest BCUT2D eigenvalue weighted by Crippen LogP contribution is -2.43. The lowest BCUT2D eigenvalue weighted by molar-refractivity contribution is -0.00832. The quantitative estimate of drug-likeness (QED) is 0.863. The Labute approximate surface area is 125 Å². The predicted molar refractivity (Wildman–Crippen MR) is 81.2 cm³/mol. The van der Waals surface area contributed by atoms with Gasteiger partial charge in [0.15, 0.2) is 0 Å². The minimum atomic E-state index is 0.312. The molecule has 0 spiro atoms. The molecule has 1 aliphatic rings. The molecule has 1 aromatic heterocycles. The number of benzene rings is 1. The van der Waals surface area contributed by atoms with Crippen LogP contribution in [0.4, 0.5) is 0 Å². The first-order valence-electron chi connectivity index (χ1n) is 7.47.